The van der Waals surface area contributed by atoms with Gasteiger partial charge in [-0.2, -0.15) is 0 Å². The van der Waals surface area contributed by atoms with E-state index < -0.39 is 11.5 Å². The minimum absolute atomic E-state index is 0.294. The molecule has 0 aromatic rings. The van der Waals surface area contributed by atoms with Crippen LogP contribution in [-0.4, -0.2) is 46.2 Å². The lowest BCUT2D eigenvalue weighted by molar-refractivity contribution is -0.145. The third kappa shape index (κ3) is 3.69. The number of carbonyl (C=O) groups is 1. The van der Waals surface area contributed by atoms with Crippen molar-refractivity contribution in [2.75, 3.05) is 6.54 Å². The van der Waals surface area contributed by atoms with Crippen molar-refractivity contribution in [3.8, 4) is 0 Å². The number of carboxylic acids is 1. The highest BCUT2D eigenvalue weighted by atomic mass is 16.4. The highest BCUT2D eigenvalue weighted by Crippen LogP contribution is 2.31. The molecule has 0 radical (unpaired) electrons. The van der Waals surface area contributed by atoms with Gasteiger partial charge < -0.3 is 10.4 Å². The van der Waals surface area contributed by atoms with Gasteiger partial charge in [-0.3, -0.25) is 9.69 Å². The van der Waals surface area contributed by atoms with E-state index in [1.54, 1.807) is 6.92 Å². The van der Waals surface area contributed by atoms with E-state index in [1.807, 2.05) is 6.92 Å². The van der Waals surface area contributed by atoms with Crippen LogP contribution < -0.4 is 5.32 Å². The number of nitrogens with zero attached hydrogens (tertiary/aromatic N) is 1. The Hall–Kier alpha value is -0.610. The van der Waals surface area contributed by atoms with Gasteiger partial charge >= 0.3 is 5.97 Å². The van der Waals surface area contributed by atoms with Crippen molar-refractivity contribution < 1.29 is 9.90 Å². The van der Waals surface area contributed by atoms with Gasteiger partial charge in [-0.15, -0.1) is 0 Å². The van der Waals surface area contributed by atoms with Crippen LogP contribution in [0.5, 0.6) is 0 Å². The van der Waals surface area contributed by atoms with Gasteiger partial charge in [-0.25, -0.2) is 0 Å². The van der Waals surface area contributed by atoms with Gasteiger partial charge in [-0.1, -0.05) is 13.8 Å². The molecule has 4 heteroatoms. The number of likely N-dealkylation sites (N-methyl/N-ethyl adjacent to an activating group) is 1. The molecule has 1 fully saturated rings. The molecule has 0 aliphatic carbocycles. The maximum Gasteiger partial charge on any atom is 0.323 e. The zero-order valence-electron chi connectivity index (χ0n) is 13.1. The molecule has 1 rings (SSSR count). The summed E-state index contributed by atoms with van der Waals surface area (Å²) in [4.78, 5) is 14.0. The van der Waals surface area contributed by atoms with Gasteiger partial charge in [0.1, 0.15) is 5.54 Å². The minimum atomic E-state index is -0.825. The number of aliphatic carboxylic acids is 1. The minimum Gasteiger partial charge on any atom is -0.480 e. The van der Waals surface area contributed by atoms with Gasteiger partial charge in [0.05, 0.1) is 0 Å². The van der Waals surface area contributed by atoms with Crippen LogP contribution in [0.1, 0.15) is 60.3 Å². The van der Waals surface area contributed by atoms with E-state index in [9.17, 15) is 9.90 Å². The van der Waals surface area contributed by atoms with Gasteiger partial charge in [0.2, 0.25) is 0 Å². The third-order valence-electron chi connectivity index (χ3n) is 4.57. The first-order chi connectivity index (χ1) is 8.85. The maximum atomic E-state index is 11.5. The molecule has 1 saturated heterocycles. The summed E-state index contributed by atoms with van der Waals surface area (Å²) in [5.74, 6) is -0.749. The second-order valence-corrected chi connectivity index (χ2v) is 6.16. The smallest absolute Gasteiger partial charge is 0.323 e. The molecule has 0 aromatic heterocycles. The van der Waals surface area contributed by atoms with Crippen LogP contribution in [0.2, 0.25) is 0 Å². The molecular weight excluding hydrogens is 240 g/mol. The summed E-state index contributed by atoms with van der Waals surface area (Å²) in [5, 5.41) is 12.6. The summed E-state index contributed by atoms with van der Waals surface area (Å²) in [6, 6.07) is 1.48. The van der Waals surface area contributed by atoms with E-state index in [4.69, 9.17) is 0 Å². The Bertz CT molecular complexity index is 309. The van der Waals surface area contributed by atoms with E-state index in [0.29, 0.717) is 31.1 Å². The molecule has 2 N–H and O–H groups in total. The fraction of sp³-hybridized carbons (Fsp3) is 0.933. The molecule has 19 heavy (non-hydrogen) atoms. The Balaban J connectivity index is 2.76. The molecule has 1 aliphatic heterocycles. The van der Waals surface area contributed by atoms with Crippen LogP contribution in [0, 0.1) is 0 Å². The first kappa shape index (κ1) is 16.4. The SMILES string of the molecule is CCNC(C)(CC(C)N1C(C)CCC1CC)C(=O)O. The zero-order valence-corrected chi connectivity index (χ0v) is 13.1. The van der Waals surface area contributed by atoms with Crippen LogP contribution >= 0.6 is 0 Å². The molecule has 0 amide bonds. The monoisotopic (exact) mass is 270 g/mol. The van der Waals surface area contributed by atoms with E-state index >= 15 is 0 Å². The average Bonchev–Trinajstić information content (AvgIpc) is 2.70. The average molecular weight is 270 g/mol. The van der Waals surface area contributed by atoms with Crippen molar-refractivity contribution >= 4 is 5.97 Å². The summed E-state index contributed by atoms with van der Waals surface area (Å²) in [7, 11) is 0. The summed E-state index contributed by atoms with van der Waals surface area (Å²) in [6.45, 7) is 11.1. The third-order valence-corrected chi connectivity index (χ3v) is 4.57. The van der Waals surface area contributed by atoms with Crippen LogP contribution in [0.25, 0.3) is 0 Å². The van der Waals surface area contributed by atoms with Crippen molar-refractivity contribution in [1.29, 1.82) is 0 Å². The van der Waals surface area contributed by atoms with Crippen molar-refractivity contribution in [2.24, 2.45) is 0 Å². The lowest BCUT2D eigenvalue weighted by Gasteiger charge is -2.38. The predicted molar refractivity (Wildman–Crippen MR) is 78.4 cm³/mol. The molecule has 1 heterocycles. The topological polar surface area (TPSA) is 52.6 Å². The molecule has 0 saturated carbocycles. The Labute approximate surface area is 117 Å². The molecule has 0 spiro atoms. The molecule has 0 bridgehead atoms. The Morgan fingerprint density at radius 2 is 2.11 bits per heavy atom. The van der Waals surface area contributed by atoms with E-state index in [1.165, 1.54) is 12.8 Å². The van der Waals surface area contributed by atoms with Gasteiger partial charge in [0.15, 0.2) is 0 Å². The van der Waals surface area contributed by atoms with E-state index in [2.05, 4.69) is 31.0 Å². The number of hydrogen-bond acceptors (Lipinski definition) is 3. The van der Waals surface area contributed by atoms with Crippen LogP contribution in [0.15, 0.2) is 0 Å². The van der Waals surface area contributed by atoms with Crippen molar-refractivity contribution in [1.82, 2.24) is 10.2 Å². The van der Waals surface area contributed by atoms with Crippen molar-refractivity contribution in [3.63, 3.8) is 0 Å². The number of rotatable bonds is 7. The molecule has 4 nitrogen and oxygen atoms in total. The van der Waals surface area contributed by atoms with Crippen LogP contribution in [0.3, 0.4) is 0 Å². The Morgan fingerprint density at radius 3 is 2.58 bits per heavy atom. The lowest BCUT2D eigenvalue weighted by Crippen LogP contribution is -2.54. The molecular formula is C15H30N2O2. The van der Waals surface area contributed by atoms with Crippen LogP contribution in [-0.2, 0) is 4.79 Å². The van der Waals surface area contributed by atoms with Gasteiger partial charge in [-0.05, 0) is 53.0 Å². The molecule has 4 atom stereocenters. The Kier molecular flexibility index (Phi) is 5.81. The fourth-order valence-electron chi connectivity index (χ4n) is 3.62. The number of hydrogen-bond donors (Lipinski definition) is 2. The summed E-state index contributed by atoms with van der Waals surface area (Å²) in [5.41, 5.74) is -0.825. The quantitative estimate of drug-likeness (QED) is 0.746. The summed E-state index contributed by atoms with van der Waals surface area (Å²) >= 11 is 0. The van der Waals surface area contributed by atoms with Crippen LogP contribution in [0.4, 0.5) is 0 Å². The highest BCUT2D eigenvalue weighted by Gasteiger charge is 2.39. The van der Waals surface area contributed by atoms with Crippen molar-refractivity contribution in [2.45, 2.75) is 84.0 Å². The summed E-state index contributed by atoms with van der Waals surface area (Å²) in [6.07, 6.45) is 4.28. The second kappa shape index (κ2) is 6.71. The van der Waals surface area contributed by atoms with E-state index in [0.717, 1.165) is 6.42 Å². The molecule has 1 aliphatic rings. The number of nitrogens with one attached hydrogen (secondary N) is 1. The Morgan fingerprint density at radius 1 is 1.47 bits per heavy atom. The van der Waals surface area contributed by atoms with E-state index in [-0.39, 0.29) is 0 Å². The predicted octanol–water partition coefficient (Wildman–Crippen LogP) is 2.48. The first-order valence-electron chi connectivity index (χ1n) is 7.61. The van der Waals surface area contributed by atoms with Crippen molar-refractivity contribution in [3.05, 3.63) is 0 Å². The molecule has 0 aromatic carbocycles. The fourth-order valence-corrected chi connectivity index (χ4v) is 3.62. The lowest BCUT2D eigenvalue weighted by atomic mass is 9.92. The highest BCUT2D eigenvalue weighted by molar-refractivity contribution is 5.78. The largest absolute Gasteiger partial charge is 0.480 e. The van der Waals surface area contributed by atoms with Gasteiger partial charge in [0, 0.05) is 18.1 Å². The molecule has 4 unspecified atom stereocenters. The number of carboxylic acid groups (broad SMARTS) is 1. The first-order valence-corrected chi connectivity index (χ1v) is 7.61. The summed E-state index contributed by atoms with van der Waals surface area (Å²) < 4.78 is 0. The number of likely N-dealkylation sites (tertiary alicyclic amines) is 1. The maximum absolute atomic E-state index is 11.5. The normalized spacial score (nSPS) is 29.1. The molecule has 112 valence electrons. The van der Waals surface area contributed by atoms with Gasteiger partial charge in [0.25, 0.3) is 0 Å². The second-order valence-electron chi connectivity index (χ2n) is 6.16. The zero-order chi connectivity index (χ0) is 14.6. The standard InChI is InChI=1S/C15H30N2O2/c1-6-13-9-8-11(3)17(13)12(4)10-15(5,14(18)19)16-7-2/h11-13,16H,6-10H2,1-5H3,(H,18,19).